The topological polar surface area (TPSA) is 38.0 Å². The van der Waals surface area contributed by atoms with Gasteiger partial charge in [0, 0.05) is 18.3 Å². The van der Waals surface area contributed by atoms with Gasteiger partial charge in [-0.1, -0.05) is 44.9 Å². The molecule has 0 radical (unpaired) electrons. The summed E-state index contributed by atoms with van der Waals surface area (Å²) in [6.45, 7) is 2.98. The van der Waals surface area contributed by atoms with Crippen LogP contribution in [-0.4, -0.2) is 14.9 Å². The van der Waals surface area contributed by atoms with Crippen molar-refractivity contribution >= 4 is 0 Å². The zero-order valence-corrected chi connectivity index (χ0v) is 12.7. The van der Waals surface area contributed by atoms with E-state index in [-0.39, 0.29) is 0 Å². The van der Waals surface area contributed by atoms with Crippen molar-refractivity contribution < 1.29 is 5.11 Å². The Morgan fingerprint density at radius 1 is 1.20 bits per heavy atom. The molecule has 3 nitrogen and oxygen atoms in total. The largest absolute Gasteiger partial charge is 0.385 e. The zero-order valence-electron chi connectivity index (χ0n) is 12.7. The quantitative estimate of drug-likeness (QED) is 0.910. The van der Waals surface area contributed by atoms with Crippen LogP contribution in [0.25, 0.3) is 0 Å². The summed E-state index contributed by atoms with van der Waals surface area (Å²) in [6, 6.07) is 0. The maximum Gasteiger partial charge on any atom is 0.0957 e. The number of hydrogen-bond donors (Lipinski definition) is 1. The molecule has 0 spiro atoms. The van der Waals surface area contributed by atoms with Gasteiger partial charge in [-0.3, -0.25) is 4.68 Å². The summed E-state index contributed by atoms with van der Waals surface area (Å²) in [5, 5.41) is 15.8. The molecule has 1 aromatic rings. The van der Waals surface area contributed by atoms with Gasteiger partial charge in [0.05, 0.1) is 11.8 Å². The van der Waals surface area contributed by atoms with Crippen molar-refractivity contribution in [3.8, 4) is 0 Å². The summed E-state index contributed by atoms with van der Waals surface area (Å²) in [5.41, 5.74) is 0.447. The number of rotatable bonds is 3. The van der Waals surface area contributed by atoms with Gasteiger partial charge < -0.3 is 5.11 Å². The molecule has 0 amide bonds. The van der Waals surface area contributed by atoms with Crippen LogP contribution in [0.3, 0.4) is 0 Å². The Hall–Kier alpha value is -0.830. The standard InChI is InChI=1S/C17H28N2O/c1-2-19-13-15(12-18-19)17(20)11-7-6-10-16(17)14-8-4-3-5-9-14/h12-14,16,20H,2-11H2,1H3. The Kier molecular flexibility index (Phi) is 4.16. The minimum Gasteiger partial charge on any atom is -0.385 e. The van der Waals surface area contributed by atoms with Gasteiger partial charge in [-0.25, -0.2) is 0 Å². The minimum atomic E-state index is -0.617. The first-order valence-electron chi connectivity index (χ1n) is 8.49. The fourth-order valence-electron chi connectivity index (χ4n) is 4.46. The van der Waals surface area contributed by atoms with Gasteiger partial charge in [0.15, 0.2) is 0 Å². The van der Waals surface area contributed by atoms with Gasteiger partial charge in [0.1, 0.15) is 0 Å². The molecule has 3 rings (SSSR count). The maximum atomic E-state index is 11.4. The maximum absolute atomic E-state index is 11.4. The van der Waals surface area contributed by atoms with Gasteiger partial charge in [-0.2, -0.15) is 5.10 Å². The molecule has 0 saturated heterocycles. The third kappa shape index (κ3) is 2.52. The van der Waals surface area contributed by atoms with Crippen molar-refractivity contribution in [3.05, 3.63) is 18.0 Å². The van der Waals surface area contributed by atoms with Gasteiger partial charge in [-0.15, -0.1) is 0 Å². The van der Waals surface area contributed by atoms with Crippen molar-refractivity contribution in [2.75, 3.05) is 0 Å². The van der Waals surface area contributed by atoms with Gasteiger partial charge >= 0.3 is 0 Å². The molecule has 3 heteroatoms. The highest BCUT2D eigenvalue weighted by atomic mass is 16.3. The number of hydrogen-bond acceptors (Lipinski definition) is 2. The van der Waals surface area contributed by atoms with Crippen LogP contribution in [0.5, 0.6) is 0 Å². The highest BCUT2D eigenvalue weighted by Crippen LogP contribution is 2.48. The second-order valence-electron chi connectivity index (χ2n) is 6.76. The molecule has 0 bridgehead atoms. The van der Waals surface area contributed by atoms with Crippen LogP contribution in [0.1, 0.15) is 70.3 Å². The molecule has 2 atom stereocenters. The van der Waals surface area contributed by atoms with Crippen molar-refractivity contribution in [2.24, 2.45) is 11.8 Å². The summed E-state index contributed by atoms with van der Waals surface area (Å²) in [6.07, 6.45) is 15.2. The highest BCUT2D eigenvalue weighted by Gasteiger charge is 2.44. The Bertz CT molecular complexity index is 436. The van der Waals surface area contributed by atoms with E-state index in [9.17, 15) is 5.11 Å². The normalized spacial score (nSPS) is 32.4. The van der Waals surface area contributed by atoms with E-state index in [0.717, 1.165) is 30.9 Å². The molecule has 112 valence electrons. The lowest BCUT2D eigenvalue weighted by Crippen LogP contribution is -2.42. The van der Waals surface area contributed by atoms with E-state index < -0.39 is 5.60 Å². The van der Waals surface area contributed by atoms with Crippen molar-refractivity contribution in [1.29, 1.82) is 0 Å². The van der Waals surface area contributed by atoms with Gasteiger partial charge in [0.25, 0.3) is 0 Å². The molecule has 2 aliphatic rings. The van der Waals surface area contributed by atoms with E-state index in [1.54, 1.807) is 0 Å². The second-order valence-corrected chi connectivity index (χ2v) is 6.76. The summed E-state index contributed by atoms with van der Waals surface area (Å²) >= 11 is 0. The van der Waals surface area contributed by atoms with E-state index in [1.165, 1.54) is 44.9 Å². The monoisotopic (exact) mass is 276 g/mol. The molecule has 2 saturated carbocycles. The van der Waals surface area contributed by atoms with Crippen LogP contribution >= 0.6 is 0 Å². The van der Waals surface area contributed by atoms with E-state index >= 15 is 0 Å². The number of aromatic nitrogens is 2. The molecular formula is C17H28N2O. The van der Waals surface area contributed by atoms with Crippen LogP contribution in [0.4, 0.5) is 0 Å². The summed E-state index contributed by atoms with van der Waals surface area (Å²) in [7, 11) is 0. The van der Waals surface area contributed by atoms with Crippen LogP contribution in [0.15, 0.2) is 12.4 Å². The van der Waals surface area contributed by atoms with Gasteiger partial charge in [0.2, 0.25) is 0 Å². The fraction of sp³-hybridized carbons (Fsp3) is 0.824. The van der Waals surface area contributed by atoms with Crippen LogP contribution < -0.4 is 0 Å². The summed E-state index contributed by atoms with van der Waals surface area (Å²) in [4.78, 5) is 0. The first-order chi connectivity index (χ1) is 9.74. The molecule has 1 heterocycles. The second kappa shape index (κ2) is 5.88. The number of nitrogens with zero attached hydrogens (tertiary/aromatic N) is 2. The highest BCUT2D eigenvalue weighted by molar-refractivity contribution is 5.18. The van der Waals surface area contributed by atoms with E-state index in [1.807, 2.05) is 10.9 Å². The first-order valence-corrected chi connectivity index (χ1v) is 8.49. The van der Waals surface area contributed by atoms with Crippen LogP contribution in [0.2, 0.25) is 0 Å². The summed E-state index contributed by atoms with van der Waals surface area (Å²) < 4.78 is 1.94. The molecule has 0 aliphatic heterocycles. The zero-order chi connectivity index (χ0) is 14.0. The Balaban J connectivity index is 1.85. The molecule has 2 fully saturated rings. The van der Waals surface area contributed by atoms with Crippen molar-refractivity contribution in [3.63, 3.8) is 0 Å². The minimum absolute atomic E-state index is 0.450. The lowest BCUT2D eigenvalue weighted by molar-refractivity contribution is -0.0835. The predicted octanol–water partition coefficient (Wildman–Crippen LogP) is 3.86. The Morgan fingerprint density at radius 3 is 2.65 bits per heavy atom. The molecule has 2 aliphatic carbocycles. The lowest BCUT2D eigenvalue weighted by Gasteiger charge is -2.45. The van der Waals surface area contributed by atoms with Crippen molar-refractivity contribution in [2.45, 2.75) is 76.9 Å². The first kappa shape index (κ1) is 14.1. The van der Waals surface area contributed by atoms with E-state index in [0.29, 0.717) is 5.92 Å². The Morgan fingerprint density at radius 2 is 1.95 bits per heavy atom. The van der Waals surface area contributed by atoms with Crippen molar-refractivity contribution in [1.82, 2.24) is 9.78 Å². The molecule has 1 aromatic heterocycles. The van der Waals surface area contributed by atoms with Gasteiger partial charge in [-0.05, 0) is 31.6 Å². The molecular weight excluding hydrogens is 248 g/mol. The Labute approximate surface area is 122 Å². The van der Waals surface area contributed by atoms with Crippen LogP contribution in [-0.2, 0) is 12.1 Å². The average molecular weight is 276 g/mol. The van der Waals surface area contributed by atoms with Crippen LogP contribution in [0, 0.1) is 11.8 Å². The third-order valence-electron chi connectivity index (χ3n) is 5.61. The third-order valence-corrected chi connectivity index (χ3v) is 5.61. The molecule has 2 unspecified atom stereocenters. The summed E-state index contributed by atoms with van der Waals surface area (Å²) in [5.74, 6) is 1.17. The average Bonchev–Trinajstić information content (AvgIpc) is 2.98. The van der Waals surface area contributed by atoms with E-state index in [4.69, 9.17) is 0 Å². The molecule has 1 N–H and O–H groups in total. The number of aliphatic hydroxyl groups is 1. The molecule has 0 aromatic carbocycles. The SMILES string of the molecule is CCn1cc(C2(O)CCCCC2C2CCCCC2)cn1. The molecule has 20 heavy (non-hydrogen) atoms. The van der Waals surface area contributed by atoms with E-state index in [2.05, 4.69) is 18.2 Å². The fourth-order valence-corrected chi connectivity index (χ4v) is 4.46. The number of aryl methyl sites for hydroxylation is 1. The lowest BCUT2D eigenvalue weighted by atomic mass is 9.64. The predicted molar refractivity (Wildman–Crippen MR) is 80.3 cm³/mol. The smallest absolute Gasteiger partial charge is 0.0957 e.